The highest BCUT2D eigenvalue weighted by Crippen LogP contribution is 2.29. The number of rotatable bonds is 3. The molecule has 2 rings (SSSR count). The Balaban J connectivity index is 2.03. The minimum atomic E-state index is -4.50. The van der Waals surface area contributed by atoms with Crippen molar-refractivity contribution in [1.82, 2.24) is 19.6 Å². The summed E-state index contributed by atoms with van der Waals surface area (Å²) in [7, 11) is 0. The summed E-state index contributed by atoms with van der Waals surface area (Å²) in [6.07, 6.45) is -4.50. The van der Waals surface area contributed by atoms with E-state index in [2.05, 4.69) is 24.9 Å². The molecule has 0 aromatic carbocycles. The maximum atomic E-state index is 12.3. The number of nitrogens with one attached hydrogen (secondary N) is 2. The molecule has 2 heterocycles. The number of halogens is 3. The summed E-state index contributed by atoms with van der Waals surface area (Å²) in [6.45, 7) is 4.07. The monoisotopic (exact) mass is 277 g/mol. The molecule has 2 aromatic heterocycles. The smallest absolute Gasteiger partial charge is 0.355 e. The Labute approximate surface area is 105 Å². The van der Waals surface area contributed by atoms with E-state index in [9.17, 15) is 13.2 Å². The molecule has 0 spiro atoms. The highest BCUT2D eigenvalue weighted by atomic mass is 32.1. The van der Waals surface area contributed by atoms with Gasteiger partial charge in [0.15, 0.2) is 0 Å². The van der Waals surface area contributed by atoms with Crippen molar-refractivity contribution in [2.75, 3.05) is 5.32 Å². The Kier molecular flexibility index (Phi) is 3.24. The van der Waals surface area contributed by atoms with Gasteiger partial charge in [0.25, 0.3) is 0 Å². The molecule has 0 bridgehead atoms. The number of hydrogen-bond acceptors (Lipinski definition) is 5. The average molecular weight is 277 g/mol. The fourth-order valence-corrected chi connectivity index (χ4v) is 1.86. The third-order valence-corrected chi connectivity index (χ3v) is 3.11. The minimum Gasteiger partial charge on any atom is -0.355 e. The zero-order chi connectivity index (χ0) is 13.3. The minimum absolute atomic E-state index is 0.127. The van der Waals surface area contributed by atoms with Crippen LogP contribution < -0.4 is 5.32 Å². The molecule has 2 aromatic rings. The molecule has 0 amide bonds. The highest BCUT2D eigenvalue weighted by Gasteiger charge is 2.36. The van der Waals surface area contributed by atoms with Crippen molar-refractivity contribution in [2.45, 2.75) is 26.6 Å². The van der Waals surface area contributed by atoms with Gasteiger partial charge in [0.05, 0.1) is 12.2 Å². The van der Waals surface area contributed by atoms with E-state index >= 15 is 0 Å². The quantitative estimate of drug-likeness (QED) is 0.904. The summed E-state index contributed by atoms with van der Waals surface area (Å²) < 4.78 is 40.0. The van der Waals surface area contributed by atoms with Crippen LogP contribution in [0.2, 0.25) is 0 Å². The van der Waals surface area contributed by atoms with Gasteiger partial charge in [-0.25, -0.2) is 0 Å². The van der Waals surface area contributed by atoms with Crippen LogP contribution in [0.5, 0.6) is 0 Å². The second-order valence-corrected chi connectivity index (χ2v) is 4.45. The first-order valence-corrected chi connectivity index (χ1v) is 5.80. The third kappa shape index (κ3) is 2.61. The van der Waals surface area contributed by atoms with E-state index in [1.807, 2.05) is 13.8 Å². The lowest BCUT2D eigenvalue weighted by Crippen LogP contribution is -2.08. The molecule has 0 aliphatic rings. The molecule has 0 fully saturated rings. The predicted octanol–water partition coefficient (Wildman–Crippen LogP) is 2.51. The Bertz CT molecular complexity index is 545. The first kappa shape index (κ1) is 12.8. The van der Waals surface area contributed by atoms with Crippen LogP contribution in [0.25, 0.3) is 0 Å². The lowest BCUT2D eigenvalue weighted by atomic mass is 10.2. The van der Waals surface area contributed by atoms with Crippen molar-refractivity contribution in [3.8, 4) is 0 Å². The maximum Gasteiger partial charge on any atom is 0.452 e. The van der Waals surface area contributed by atoms with Crippen LogP contribution in [0.4, 0.5) is 18.3 Å². The topological polar surface area (TPSA) is 66.5 Å². The van der Waals surface area contributed by atoms with Gasteiger partial charge in [-0.3, -0.25) is 5.10 Å². The van der Waals surface area contributed by atoms with Crippen LogP contribution >= 0.6 is 11.5 Å². The van der Waals surface area contributed by atoms with E-state index < -0.39 is 12.0 Å². The lowest BCUT2D eigenvalue weighted by molar-refractivity contribution is -0.144. The molecule has 18 heavy (non-hydrogen) atoms. The molecular formula is C9H10F3N5S. The number of aromatic amines is 1. The summed E-state index contributed by atoms with van der Waals surface area (Å²) >= 11 is 0.678. The second kappa shape index (κ2) is 4.56. The first-order chi connectivity index (χ1) is 8.38. The van der Waals surface area contributed by atoms with E-state index in [4.69, 9.17) is 0 Å². The predicted molar refractivity (Wildman–Crippen MR) is 60.3 cm³/mol. The molecule has 0 atom stereocenters. The average Bonchev–Trinajstić information content (AvgIpc) is 2.86. The summed E-state index contributed by atoms with van der Waals surface area (Å²) in [5.41, 5.74) is 2.65. The van der Waals surface area contributed by atoms with E-state index in [1.165, 1.54) is 0 Å². The van der Waals surface area contributed by atoms with Gasteiger partial charge >= 0.3 is 6.18 Å². The summed E-state index contributed by atoms with van der Waals surface area (Å²) in [5.74, 6) is -1.12. The van der Waals surface area contributed by atoms with Gasteiger partial charge in [-0.15, -0.1) is 0 Å². The number of aryl methyl sites for hydroxylation is 1. The van der Waals surface area contributed by atoms with E-state index in [-0.39, 0.29) is 5.13 Å². The Hall–Kier alpha value is -1.64. The van der Waals surface area contributed by atoms with Crippen molar-refractivity contribution >= 4 is 16.7 Å². The third-order valence-electron chi connectivity index (χ3n) is 2.44. The zero-order valence-electron chi connectivity index (χ0n) is 9.59. The fourth-order valence-electron chi connectivity index (χ4n) is 1.28. The van der Waals surface area contributed by atoms with Crippen molar-refractivity contribution < 1.29 is 13.2 Å². The van der Waals surface area contributed by atoms with E-state index in [1.54, 1.807) is 0 Å². The largest absolute Gasteiger partial charge is 0.452 e. The van der Waals surface area contributed by atoms with Crippen molar-refractivity contribution in [2.24, 2.45) is 0 Å². The number of hydrogen-bond donors (Lipinski definition) is 2. The van der Waals surface area contributed by atoms with Crippen LogP contribution in [0.15, 0.2) is 0 Å². The van der Waals surface area contributed by atoms with Crippen LogP contribution in [0, 0.1) is 13.8 Å². The Morgan fingerprint density at radius 1 is 1.33 bits per heavy atom. The number of H-pyrrole nitrogens is 1. The molecule has 9 heteroatoms. The van der Waals surface area contributed by atoms with Crippen molar-refractivity contribution in [3.63, 3.8) is 0 Å². The molecule has 0 radical (unpaired) electrons. The number of alkyl halides is 3. The van der Waals surface area contributed by atoms with Crippen LogP contribution in [-0.2, 0) is 12.7 Å². The number of anilines is 1. The van der Waals surface area contributed by atoms with E-state index in [0.29, 0.717) is 18.1 Å². The van der Waals surface area contributed by atoms with Gasteiger partial charge in [-0.05, 0) is 19.4 Å². The molecule has 0 saturated heterocycles. The zero-order valence-corrected chi connectivity index (χ0v) is 10.4. The van der Waals surface area contributed by atoms with Crippen LogP contribution in [-0.4, -0.2) is 19.6 Å². The fraction of sp³-hybridized carbons (Fsp3) is 0.444. The normalized spacial score (nSPS) is 11.8. The van der Waals surface area contributed by atoms with Gasteiger partial charge in [-0.1, -0.05) is 0 Å². The molecule has 0 aliphatic heterocycles. The van der Waals surface area contributed by atoms with Gasteiger partial charge in [0.2, 0.25) is 11.0 Å². The lowest BCUT2D eigenvalue weighted by Gasteiger charge is -2.00. The molecule has 0 saturated carbocycles. The molecule has 5 nitrogen and oxygen atoms in total. The van der Waals surface area contributed by atoms with Crippen LogP contribution in [0.1, 0.15) is 22.8 Å². The van der Waals surface area contributed by atoms with Gasteiger partial charge in [0.1, 0.15) is 0 Å². The summed E-state index contributed by atoms with van der Waals surface area (Å²) in [6, 6.07) is 0. The maximum absolute atomic E-state index is 12.3. The van der Waals surface area contributed by atoms with Crippen LogP contribution in [0.3, 0.4) is 0 Å². The molecule has 2 N–H and O–H groups in total. The number of aromatic nitrogens is 4. The molecule has 0 aliphatic carbocycles. The second-order valence-electron chi connectivity index (χ2n) is 3.69. The summed E-state index contributed by atoms with van der Waals surface area (Å²) in [5, 5.41) is 9.73. The van der Waals surface area contributed by atoms with Crippen molar-refractivity contribution in [1.29, 1.82) is 0 Å². The first-order valence-electron chi connectivity index (χ1n) is 5.03. The van der Waals surface area contributed by atoms with Crippen molar-refractivity contribution in [3.05, 3.63) is 22.8 Å². The standard InChI is InChI=1S/C9H10F3N5S/c1-4-5(2)15-16-6(4)3-13-8-14-7(17-18-8)9(10,11)12/h3H2,1-2H3,(H,15,16)(H,13,14,17). The molecular weight excluding hydrogens is 267 g/mol. The van der Waals surface area contributed by atoms with Gasteiger partial charge < -0.3 is 5.32 Å². The Morgan fingerprint density at radius 3 is 2.56 bits per heavy atom. The van der Waals surface area contributed by atoms with E-state index in [0.717, 1.165) is 17.0 Å². The van der Waals surface area contributed by atoms with Gasteiger partial charge in [0, 0.05) is 17.2 Å². The SMILES string of the molecule is Cc1[nH]nc(CNc2nc(C(F)(F)F)ns2)c1C. The van der Waals surface area contributed by atoms with Gasteiger partial charge in [-0.2, -0.15) is 27.6 Å². The highest BCUT2D eigenvalue weighted by molar-refractivity contribution is 7.09. The number of nitrogens with zero attached hydrogens (tertiary/aromatic N) is 3. The molecule has 0 unspecified atom stereocenters. The molecule has 98 valence electrons. The Morgan fingerprint density at radius 2 is 2.06 bits per heavy atom. The summed E-state index contributed by atoms with van der Waals surface area (Å²) in [4.78, 5) is 3.37.